The maximum Gasteiger partial charge on any atom is 0.312 e. The molecule has 4 aliphatic rings. The zero-order chi connectivity index (χ0) is 20.0. The molecule has 4 bridgehead atoms. The van der Waals surface area contributed by atoms with Crippen LogP contribution in [0.4, 0.5) is 9.52 Å². The number of benzene rings is 1. The van der Waals surface area contributed by atoms with Crippen molar-refractivity contribution in [2.75, 3.05) is 11.9 Å². The lowest BCUT2D eigenvalue weighted by Crippen LogP contribution is -2.50. The standard InChI is InChI=1S/C22H23FN2O3S/c23-17-3-1-16(2-4-17)18-12-29-21(24-18)25-19(26)11-28-20(27)22-8-13-5-14(9-22)7-15(6-13)10-22/h1-4,12-15H,5-11H2,(H,24,25,26). The van der Waals surface area contributed by atoms with Gasteiger partial charge >= 0.3 is 5.97 Å². The minimum Gasteiger partial charge on any atom is -0.455 e. The molecule has 1 aromatic heterocycles. The third-order valence-electron chi connectivity index (χ3n) is 6.70. The quantitative estimate of drug-likeness (QED) is 0.724. The number of thiazole rings is 1. The third kappa shape index (κ3) is 3.68. The number of halogens is 1. The Balaban J connectivity index is 1.17. The normalized spacial score (nSPS) is 29.6. The van der Waals surface area contributed by atoms with Crippen LogP contribution in [-0.4, -0.2) is 23.5 Å². The van der Waals surface area contributed by atoms with Gasteiger partial charge in [0.1, 0.15) is 5.82 Å². The van der Waals surface area contributed by atoms with Gasteiger partial charge in [0.05, 0.1) is 11.1 Å². The molecule has 1 aromatic carbocycles. The van der Waals surface area contributed by atoms with Gasteiger partial charge in [0.2, 0.25) is 0 Å². The van der Waals surface area contributed by atoms with Crippen LogP contribution in [0.5, 0.6) is 0 Å². The largest absolute Gasteiger partial charge is 0.455 e. The lowest BCUT2D eigenvalue weighted by Gasteiger charge is -2.55. The van der Waals surface area contributed by atoms with Crippen LogP contribution in [0.1, 0.15) is 38.5 Å². The molecule has 4 fully saturated rings. The summed E-state index contributed by atoms with van der Waals surface area (Å²) in [6.07, 6.45) is 6.54. The van der Waals surface area contributed by atoms with E-state index in [1.807, 2.05) is 0 Å². The number of carbonyl (C=O) groups excluding carboxylic acids is 2. The van der Waals surface area contributed by atoms with Crippen molar-refractivity contribution >= 4 is 28.3 Å². The predicted octanol–water partition coefficient (Wildman–Crippen LogP) is 4.65. The number of hydrogen-bond acceptors (Lipinski definition) is 5. The maximum absolute atomic E-state index is 13.0. The van der Waals surface area contributed by atoms with Crippen molar-refractivity contribution in [3.8, 4) is 11.3 Å². The summed E-state index contributed by atoms with van der Waals surface area (Å²) in [6, 6.07) is 6.03. The van der Waals surface area contributed by atoms with Gasteiger partial charge in [-0.1, -0.05) is 0 Å². The summed E-state index contributed by atoms with van der Waals surface area (Å²) < 4.78 is 18.5. The average Bonchev–Trinajstić information content (AvgIpc) is 3.14. The van der Waals surface area contributed by atoms with Gasteiger partial charge in [-0.15, -0.1) is 11.3 Å². The Hall–Kier alpha value is -2.28. The minimum atomic E-state index is -0.386. The van der Waals surface area contributed by atoms with Gasteiger partial charge in [-0.2, -0.15) is 0 Å². The van der Waals surface area contributed by atoms with Crippen LogP contribution in [0.15, 0.2) is 29.6 Å². The number of nitrogens with one attached hydrogen (secondary N) is 1. The molecular weight excluding hydrogens is 391 g/mol. The van der Waals surface area contributed by atoms with Crippen molar-refractivity contribution in [3.63, 3.8) is 0 Å². The number of amides is 1. The fraction of sp³-hybridized carbons (Fsp3) is 0.500. The molecule has 4 saturated carbocycles. The van der Waals surface area contributed by atoms with Crippen LogP contribution < -0.4 is 5.32 Å². The number of anilines is 1. The molecule has 152 valence electrons. The molecule has 1 N–H and O–H groups in total. The van der Waals surface area contributed by atoms with Crippen molar-refractivity contribution in [2.45, 2.75) is 38.5 Å². The summed E-state index contributed by atoms with van der Waals surface area (Å²) in [5.41, 5.74) is 1.08. The van der Waals surface area contributed by atoms with E-state index in [-0.39, 0.29) is 29.7 Å². The first-order valence-electron chi connectivity index (χ1n) is 10.2. The van der Waals surface area contributed by atoms with E-state index in [4.69, 9.17) is 4.74 Å². The Labute approximate surface area is 172 Å². The fourth-order valence-corrected chi connectivity index (χ4v) is 6.62. The molecule has 1 heterocycles. The van der Waals surface area contributed by atoms with E-state index in [9.17, 15) is 14.0 Å². The maximum atomic E-state index is 13.0. The van der Waals surface area contributed by atoms with Crippen molar-refractivity contribution in [2.24, 2.45) is 23.2 Å². The smallest absolute Gasteiger partial charge is 0.312 e. The Morgan fingerprint density at radius 1 is 1.10 bits per heavy atom. The number of aromatic nitrogens is 1. The molecule has 5 nitrogen and oxygen atoms in total. The molecule has 0 radical (unpaired) electrons. The van der Waals surface area contributed by atoms with Crippen molar-refractivity contribution in [1.82, 2.24) is 4.98 Å². The second-order valence-corrected chi connectivity index (χ2v) is 9.73. The predicted molar refractivity (Wildman–Crippen MR) is 108 cm³/mol. The van der Waals surface area contributed by atoms with Gasteiger partial charge in [0.15, 0.2) is 11.7 Å². The highest BCUT2D eigenvalue weighted by molar-refractivity contribution is 7.14. The van der Waals surface area contributed by atoms with Gasteiger partial charge in [-0.25, -0.2) is 9.37 Å². The molecule has 0 aliphatic heterocycles. The molecule has 0 spiro atoms. The Morgan fingerprint density at radius 2 is 1.72 bits per heavy atom. The second kappa shape index (κ2) is 7.20. The van der Waals surface area contributed by atoms with E-state index in [0.717, 1.165) is 24.8 Å². The number of carbonyl (C=O) groups is 2. The van der Waals surface area contributed by atoms with Gasteiger partial charge in [-0.3, -0.25) is 14.9 Å². The van der Waals surface area contributed by atoms with Crippen LogP contribution in [0.25, 0.3) is 11.3 Å². The highest BCUT2D eigenvalue weighted by Crippen LogP contribution is 2.60. The molecule has 29 heavy (non-hydrogen) atoms. The molecule has 1 amide bonds. The zero-order valence-electron chi connectivity index (χ0n) is 16.0. The van der Waals surface area contributed by atoms with Crippen molar-refractivity contribution in [1.29, 1.82) is 0 Å². The molecule has 6 rings (SSSR count). The lowest BCUT2D eigenvalue weighted by molar-refractivity contribution is -0.172. The summed E-state index contributed by atoms with van der Waals surface area (Å²) in [4.78, 5) is 29.4. The fourth-order valence-electron chi connectivity index (χ4n) is 5.88. The van der Waals surface area contributed by atoms with Crippen molar-refractivity contribution in [3.05, 3.63) is 35.5 Å². The minimum absolute atomic E-state index is 0.196. The van der Waals surface area contributed by atoms with Crippen molar-refractivity contribution < 1.29 is 18.7 Å². The molecule has 0 atom stereocenters. The molecule has 0 unspecified atom stereocenters. The SMILES string of the molecule is O=C(COC(=O)C12CC3CC(CC(C3)C1)C2)Nc1nc(-c2ccc(F)cc2)cs1. The van der Waals surface area contributed by atoms with Crippen LogP contribution in [-0.2, 0) is 14.3 Å². The number of nitrogens with zero attached hydrogens (tertiary/aromatic N) is 1. The summed E-state index contributed by atoms with van der Waals surface area (Å²) in [5.74, 6) is 1.08. The average molecular weight is 415 g/mol. The first kappa shape index (κ1) is 18.7. The monoisotopic (exact) mass is 414 g/mol. The number of ether oxygens (including phenoxy) is 1. The molecule has 7 heteroatoms. The first-order valence-corrected chi connectivity index (χ1v) is 11.1. The van der Waals surface area contributed by atoms with E-state index >= 15 is 0 Å². The van der Waals surface area contributed by atoms with E-state index in [1.165, 1.54) is 42.7 Å². The van der Waals surface area contributed by atoms with Gasteiger partial charge in [-0.05, 0) is 80.5 Å². The molecule has 2 aromatic rings. The van der Waals surface area contributed by atoms with Gasteiger partial charge < -0.3 is 4.74 Å². The second-order valence-electron chi connectivity index (χ2n) is 8.87. The molecular formula is C22H23FN2O3S. The topological polar surface area (TPSA) is 68.3 Å². The Bertz CT molecular complexity index is 905. The first-order chi connectivity index (χ1) is 14.0. The van der Waals surface area contributed by atoms with E-state index in [1.54, 1.807) is 17.5 Å². The molecule has 0 saturated heterocycles. The van der Waals surface area contributed by atoms with E-state index < -0.39 is 0 Å². The number of esters is 1. The lowest BCUT2D eigenvalue weighted by atomic mass is 9.49. The Morgan fingerprint density at radius 3 is 2.34 bits per heavy atom. The van der Waals surface area contributed by atoms with Crippen LogP contribution in [0.2, 0.25) is 0 Å². The number of hydrogen-bond donors (Lipinski definition) is 1. The van der Waals surface area contributed by atoms with Crippen LogP contribution in [0, 0.1) is 29.0 Å². The zero-order valence-corrected chi connectivity index (χ0v) is 16.8. The van der Waals surface area contributed by atoms with E-state index in [2.05, 4.69) is 10.3 Å². The Kier molecular flexibility index (Phi) is 4.65. The summed E-state index contributed by atoms with van der Waals surface area (Å²) >= 11 is 1.28. The van der Waals surface area contributed by atoms with Crippen LogP contribution >= 0.6 is 11.3 Å². The van der Waals surface area contributed by atoms with Gasteiger partial charge in [0, 0.05) is 10.9 Å². The summed E-state index contributed by atoms with van der Waals surface area (Å²) in [7, 11) is 0. The number of rotatable bonds is 5. The molecule has 4 aliphatic carbocycles. The highest BCUT2D eigenvalue weighted by Gasteiger charge is 2.55. The van der Waals surface area contributed by atoms with Crippen LogP contribution in [0.3, 0.4) is 0 Å². The van der Waals surface area contributed by atoms with E-state index in [0.29, 0.717) is 28.6 Å². The third-order valence-corrected chi connectivity index (χ3v) is 7.45. The highest BCUT2D eigenvalue weighted by atomic mass is 32.1. The van der Waals surface area contributed by atoms with Gasteiger partial charge in [0.25, 0.3) is 5.91 Å². The summed E-state index contributed by atoms with van der Waals surface area (Å²) in [5, 5.41) is 4.92. The summed E-state index contributed by atoms with van der Waals surface area (Å²) in [6.45, 7) is -0.286.